The van der Waals surface area contributed by atoms with Crippen molar-refractivity contribution < 1.29 is 9.53 Å². The number of benzene rings is 3. The summed E-state index contributed by atoms with van der Waals surface area (Å²) in [5.74, 6) is 0.625. The molecule has 126 valence electrons. The van der Waals surface area contributed by atoms with E-state index in [2.05, 4.69) is 34.8 Å². The zero-order chi connectivity index (χ0) is 17.6. The minimum atomic E-state index is -0.148. The first-order valence-corrected chi connectivity index (χ1v) is 8.11. The van der Waals surface area contributed by atoms with Gasteiger partial charge in [0, 0.05) is 0 Å². The van der Waals surface area contributed by atoms with Gasteiger partial charge in [-0.1, -0.05) is 48.5 Å². The number of carbonyl (C=O) groups is 1. The van der Waals surface area contributed by atoms with Gasteiger partial charge in [0.15, 0.2) is 0 Å². The van der Waals surface area contributed by atoms with E-state index in [9.17, 15) is 4.79 Å². The third kappa shape index (κ3) is 4.23. The zero-order valence-electron chi connectivity index (χ0n) is 14.3. The van der Waals surface area contributed by atoms with Gasteiger partial charge in [0.05, 0.1) is 19.2 Å². The number of nitrogens with one attached hydrogen (secondary N) is 1. The van der Waals surface area contributed by atoms with E-state index in [0.717, 1.165) is 28.0 Å². The van der Waals surface area contributed by atoms with E-state index in [4.69, 9.17) is 4.74 Å². The molecule has 0 atom stereocenters. The van der Waals surface area contributed by atoms with Gasteiger partial charge in [-0.25, -0.2) is 5.43 Å². The number of hydrogen-bond acceptors (Lipinski definition) is 3. The summed E-state index contributed by atoms with van der Waals surface area (Å²) < 4.78 is 5.11. The summed E-state index contributed by atoms with van der Waals surface area (Å²) in [5, 5.41) is 6.56. The Labute approximate surface area is 147 Å². The largest absolute Gasteiger partial charge is 0.497 e. The van der Waals surface area contributed by atoms with E-state index < -0.39 is 0 Å². The normalized spacial score (nSPS) is 11.4. The standard InChI is InChI=1S/C21H20N2O2/c1-15(18-10-9-17-5-3-4-6-19(17)14-18)22-23-21(24)13-16-7-11-20(25-2)12-8-16/h3-12,14H,13H2,1-2H3,(H,23,24)/b22-15+. The Balaban J connectivity index is 1.65. The predicted molar refractivity (Wildman–Crippen MR) is 101 cm³/mol. The van der Waals surface area contributed by atoms with Crippen molar-refractivity contribution in [2.45, 2.75) is 13.3 Å². The number of fused-ring (bicyclic) bond motifs is 1. The van der Waals surface area contributed by atoms with Crippen LogP contribution < -0.4 is 10.2 Å². The maximum atomic E-state index is 12.1. The van der Waals surface area contributed by atoms with Crippen molar-refractivity contribution in [2.75, 3.05) is 7.11 Å². The average Bonchev–Trinajstić information content (AvgIpc) is 2.66. The molecule has 0 aliphatic heterocycles. The second-order valence-electron chi connectivity index (χ2n) is 5.82. The highest BCUT2D eigenvalue weighted by Crippen LogP contribution is 2.16. The molecule has 0 saturated heterocycles. The Bertz CT molecular complexity index is 915. The van der Waals surface area contributed by atoms with Gasteiger partial charge >= 0.3 is 0 Å². The lowest BCUT2D eigenvalue weighted by molar-refractivity contribution is -0.120. The van der Waals surface area contributed by atoms with Crippen molar-refractivity contribution in [3.63, 3.8) is 0 Å². The predicted octanol–water partition coefficient (Wildman–Crippen LogP) is 3.93. The summed E-state index contributed by atoms with van der Waals surface area (Å²) in [6.07, 6.45) is 0.276. The number of rotatable bonds is 5. The Kier molecular flexibility index (Phi) is 5.09. The molecule has 0 bridgehead atoms. The van der Waals surface area contributed by atoms with Crippen LogP contribution in [0, 0.1) is 0 Å². The monoisotopic (exact) mass is 332 g/mol. The number of hydrazone groups is 1. The lowest BCUT2D eigenvalue weighted by Crippen LogP contribution is -2.21. The molecule has 25 heavy (non-hydrogen) atoms. The molecular formula is C21H20N2O2. The molecular weight excluding hydrogens is 312 g/mol. The highest BCUT2D eigenvalue weighted by Gasteiger charge is 2.04. The lowest BCUT2D eigenvalue weighted by atomic mass is 10.0. The minimum Gasteiger partial charge on any atom is -0.497 e. The smallest absolute Gasteiger partial charge is 0.244 e. The molecule has 0 radical (unpaired) electrons. The molecule has 0 heterocycles. The van der Waals surface area contributed by atoms with Gasteiger partial charge in [-0.05, 0) is 47.0 Å². The van der Waals surface area contributed by atoms with Crippen molar-refractivity contribution in [2.24, 2.45) is 5.10 Å². The van der Waals surface area contributed by atoms with Crippen LogP contribution in [-0.2, 0) is 11.2 Å². The highest BCUT2D eigenvalue weighted by atomic mass is 16.5. The Morgan fingerprint density at radius 1 is 1.00 bits per heavy atom. The summed E-state index contributed by atoms with van der Waals surface area (Å²) in [4.78, 5) is 12.1. The zero-order valence-corrected chi connectivity index (χ0v) is 14.3. The minimum absolute atomic E-state index is 0.148. The van der Waals surface area contributed by atoms with Crippen molar-refractivity contribution in [3.8, 4) is 5.75 Å². The van der Waals surface area contributed by atoms with Crippen molar-refractivity contribution in [3.05, 3.63) is 77.9 Å². The molecule has 0 spiro atoms. The van der Waals surface area contributed by atoms with Crippen LogP contribution in [0.15, 0.2) is 71.8 Å². The number of carbonyl (C=O) groups excluding carboxylic acids is 1. The van der Waals surface area contributed by atoms with Gasteiger partial charge in [0.25, 0.3) is 0 Å². The average molecular weight is 332 g/mol. The molecule has 4 heteroatoms. The summed E-state index contributed by atoms with van der Waals surface area (Å²) in [6, 6.07) is 21.7. The third-order valence-corrected chi connectivity index (χ3v) is 4.04. The van der Waals surface area contributed by atoms with Crippen LogP contribution in [0.4, 0.5) is 0 Å². The van der Waals surface area contributed by atoms with Crippen LogP contribution in [0.5, 0.6) is 5.75 Å². The molecule has 1 N–H and O–H groups in total. The topological polar surface area (TPSA) is 50.7 Å². The SMILES string of the molecule is COc1ccc(CC(=O)N/N=C(\C)c2ccc3ccccc3c2)cc1. The molecule has 0 aliphatic rings. The van der Waals surface area contributed by atoms with E-state index in [1.54, 1.807) is 7.11 Å². The van der Waals surface area contributed by atoms with Gasteiger partial charge in [0.2, 0.25) is 5.91 Å². The molecule has 3 aromatic rings. The highest BCUT2D eigenvalue weighted by molar-refractivity contribution is 6.02. The second-order valence-corrected chi connectivity index (χ2v) is 5.82. The molecule has 0 aromatic heterocycles. The Morgan fingerprint density at radius 2 is 1.72 bits per heavy atom. The van der Waals surface area contributed by atoms with Crippen LogP contribution in [-0.4, -0.2) is 18.7 Å². The number of nitrogens with zero attached hydrogens (tertiary/aromatic N) is 1. The fraction of sp³-hybridized carbons (Fsp3) is 0.143. The van der Waals surface area contributed by atoms with Crippen LogP contribution in [0.2, 0.25) is 0 Å². The maximum absolute atomic E-state index is 12.1. The van der Waals surface area contributed by atoms with E-state index in [-0.39, 0.29) is 12.3 Å². The third-order valence-electron chi connectivity index (χ3n) is 4.04. The molecule has 0 aliphatic carbocycles. The van der Waals surface area contributed by atoms with Crippen molar-refractivity contribution in [1.29, 1.82) is 0 Å². The van der Waals surface area contributed by atoms with Crippen LogP contribution in [0.25, 0.3) is 10.8 Å². The molecule has 0 fully saturated rings. The van der Waals surface area contributed by atoms with Crippen molar-refractivity contribution >= 4 is 22.4 Å². The quantitative estimate of drug-likeness (QED) is 0.568. The van der Waals surface area contributed by atoms with Gasteiger partial charge in [-0.3, -0.25) is 4.79 Å². The first-order valence-electron chi connectivity index (χ1n) is 8.11. The molecule has 3 aromatic carbocycles. The molecule has 3 rings (SSSR count). The molecule has 4 nitrogen and oxygen atoms in total. The first kappa shape index (κ1) is 16.7. The van der Waals surface area contributed by atoms with E-state index >= 15 is 0 Å². The fourth-order valence-corrected chi connectivity index (χ4v) is 2.59. The summed E-state index contributed by atoms with van der Waals surface area (Å²) in [6.45, 7) is 1.89. The second kappa shape index (κ2) is 7.62. The summed E-state index contributed by atoms with van der Waals surface area (Å²) >= 11 is 0. The van der Waals surface area contributed by atoms with Crippen LogP contribution >= 0.6 is 0 Å². The molecule has 0 saturated carbocycles. The number of ether oxygens (including phenoxy) is 1. The summed E-state index contributed by atoms with van der Waals surface area (Å²) in [7, 11) is 1.62. The molecule has 0 unspecified atom stereocenters. The van der Waals surface area contributed by atoms with Gasteiger partial charge in [-0.15, -0.1) is 0 Å². The van der Waals surface area contributed by atoms with E-state index in [0.29, 0.717) is 0 Å². The summed E-state index contributed by atoms with van der Waals surface area (Å²) in [5.41, 5.74) is 5.30. The van der Waals surface area contributed by atoms with Gasteiger partial charge < -0.3 is 4.74 Å². The van der Waals surface area contributed by atoms with Gasteiger partial charge in [0.1, 0.15) is 5.75 Å². The Hall–Kier alpha value is -3.14. The van der Waals surface area contributed by atoms with E-state index in [1.165, 1.54) is 5.39 Å². The Morgan fingerprint density at radius 3 is 2.44 bits per heavy atom. The number of methoxy groups -OCH3 is 1. The van der Waals surface area contributed by atoms with Crippen LogP contribution in [0.3, 0.4) is 0 Å². The number of hydrogen-bond donors (Lipinski definition) is 1. The maximum Gasteiger partial charge on any atom is 0.244 e. The fourth-order valence-electron chi connectivity index (χ4n) is 2.59. The van der Waals surface area contributed by atoms with Crippen LogP contribution in [0.1, 0.15) is 18.1 Å². The molecule has 1 amide bonds. The number of amides is 1. The van der Waals surface area contributed by atoms with Crippen molar-refractivity contribution in [1.82, 2.24) is 5.43 Å². The van der Waals surface area contributed by atoms with E-state index in [1.807, 2.05) is 49.4 Å². The lowest BCUT2D eigenvalue weighted by Gasteiger charge is -2.05. The van der Waals surface area contributed by atoms with Gasteiger partial charge in [-0.2, -0.15) is 5.10 Å². The first-order chi connectivity index (χ1) is 12.2.